The fourth-order valence-corrected chi connectivity index (χ4v) is 2.53. The van der Waals surface area contributed by atoms with Crippen LogP contribution in [0.3, 0.4) is 0 Å². The number of H-pyrrole nitrogens is 1. The lowest BCUT2D eigenvalue weighted by Gasteiger charge is -2.09. The minimum absolute atomic E-state index is 0.0305. The quantitative estimate of drug-likeness (QED) is 0.706. The average molecular weight is 310 g/mol. The first-order valence-electron chi connectivity index (χ1n) is 7.47. The van der Waals surface area contributed by atoms with Crippen LogP contribution >= 0.6 is 0 Å². The molecule has 3 rings (SSSR count). The first-order valence-corrected chi connectivity index (χ1v) is 7.47. The number of carbonyl (C=O) groups excluding carboxylic acids is 1. The Hall–Kier alpha value is -2.89. The molecule has 0 unspecified atom stereocenters. The summed E-state index contributed by atoms with van der Waals surface area (Å²) < 4.78 is 1.80. The minimum Gasteiger partial charge on any atom is -0.493 e. The van der Waals surface area contributed by atoms with Crippen molar-refractivity contribution in [3.63, 3.8) is 0 Å². The fraction of sp³-hybridized carbons (Fsp3) is 0.235. The van der Waals surface area contributed by atoms with Gasteiger partial charge in [-0.25, -0.2) is 0 Å². The zero-order valence-electron chi connectivity index (χ0n) is 13.0. The monoisotopic (exact) mass is 310 g/mol. The van der Waals surface area contributed by atoms with Gasteiger partial charge in [-0.2, -0.15) is 0 Å². The summed E-state index contributed by atoms with van der Waals surface area (Å²) in [6.07, 6.45) is 1.65. The van der Waals surface area contributed by atoms with E-state index in [0.717, 1.165) is 10.9 Å². The molecule has 0 aliphatic heterocycles. The number of nitrogens with one attached hydrogen (secondary N) is 1. The zero-order chi connectivity index (χ0) is 16.4. The first kappa shape index (κ1) is 15.0. The third-order valence-electron chi connectivity index (χ3n) is 3.53. The molecule has 6 heteroatoms. The van der Waals surface area contributed by atoms with Crippen molar-refractivity contribution in [2.75, 3.05) is 0 Å². The molecule has 6 nitrogen and oxygen atoms in total. The largest absolute Gasteiger partial charge is 0.493 e. The van der Waals surface area contributed by atoms with Crippen molar-refractivity contribution < 1.29 is 9.90 Å². The number of fused-ring (bicyclic) bond motifs is 1. The lowest BCUT2D eigenvalue weighted by molar-refractivity contribution is 0.0991. The molecule has 0 saturated carbocycles. The fourth-order valence-electron chi connectivity index (χ4n) is 2.53. The van der Waals surface area contributed by atoms with Crippen molar-refractivity contribution in [3.8, 4) is 5.88 Å². The van der Waals surface area contributed by atoms with Crippen molar-refractivity contribution >= 4 is 22.5 Å². The molecule has 3 aromatic rings. The van der Waals surface area contributed by atoms with E-state index in [9.17, 15) is 9.90 Å². The molecule has 23 heavy (non-hydrogen) atoms. The smallest absolute Gasteiger partial charge is 0.311 e. The van der Waals surface area contributed by atoms with Crippen molar-refractivity contribution in [1.29, 1.82) is 0 Å². The molecule has 0 spiro atoms. The van der Waals surface area contributed by atoms with Gasteiger partial charge in [-0.3, -0.25) is 4.79 Å². The van der Waals surface area contributed by atoms with Crippen LogP contribution in [0.15, 0.2) is 52.8 Å². The second kappa shape index (κ2) is 6.08. The van der Waals surface area contributed by atoms with Gasteiger partial charge in [0.05, 0.1) is 5.52 Å². The number of nitrogens with zero attached hydrogens (tertiary/aromatic N) is 3. The maximum atomic E-state index is 11.9. The standard InChI is InChI=1S/C17H18N4O2/c1-11(2)10-21-14-8-4-3-6-12(14)15(17(21)23)19-20-16(22)13-7-5-9-18-13/h3-9,11,18,23H,10H2,1-2H3. The number of para-hydroxylation sites is 1. The molecule has 2 N–H and O–H groups in total. The number of benzene rings is 1. The highest BCUT2D eigenvalue weighted by Crippen LogP contribution is 2.39. The predicted octanol–water partition coefficient (Wildman–Crippen LogP) is 4.26. The van der Waals surface area contributed by atoms with Crippen LogP contribution in [-0.2, 0) is 6.54 Å². The number of hydrogen-bond donors (Lipinski definition) is 2. The summed E-state index contributed by atoms with van der Waals surface area (Å²) in [5.74, 6) is -0.0833. The van der Waals surface area contributed by atoms with E-state index in [0.29, 0.717) is 23.8 Å². The highest BCUT2D eigenvalue weighted by Gasteiger charge is 2.17. The Labute approximate surface area is 133 Å². The topological polar surface area (TPSA) is 82.7 Å². The number of aromatic amines is 1. The number of azo groups is 1. The predicted molar refractivity (Wildman–Crippen MR) is 88.1 cm³/mol. The van der Waals surface area contributed by atoms with Crippen LogP contribution in [0.4, 0.5) is 5.69 Å². The Kier molecular flexibility index (Phi) is 3.97. The van der Waals surface area contributed by atoms with E-state index in [4.69, 9.17) is 0 Å². The van der Waals surface area contributed by atoms with Crippen LogP contribution in [0, 0.1) is 5.92 Å². The molecule has 0 atom stereocenters. The van der Waals surface area contributed by atoms with Crippen molar-refractivity contribution in [1.82, 2.24) is 9.55 Å². The van der Waals surface area contributed by atoms with E-state index in [1.54, 1.807) is 22.9 Å². The Bertz CT molecular complexity index is 860. The van der Waals surface area contributed by atoms with Crippen LogP contribution < -0.4 is 0 Å². The van der Waals surface area contributed by atoms with E-state index in [1.807, 2.05) is 24.3 Å². The van der Waals surface area contributed by atoms with Gasteiger partial charge in [0.2, 0.25) is 5.88 Å². The SMILES string of the molecule is CC(C)Cn1c(O)c(N=NC(=O)c2ccc[nH]2)c2ccccc21. The van der Waals surface area contributed by atoms with Gasteiger partial charge < -0.3 is 14.7 Å². The van der Waals surface area contributed by atoms with Gasteiger partial charge >= 0.3 is 5.91 Å². The lowest BCUT2D eigenvalue weighted by atomic mass is 10.2. The normalized spacial score (nSPS) is 11.8. The van der Waals surface area contributed by atoms with Gasteiger partial charge in [-0.15, -0.1) is 10.2 Å². The number of aromatic hydroxyl groups is 1. The molecule has 1 aromatic carbocycles. The molecule has 0 aliphatic rings. The molecule has 2 heterocycles. The second-order valence-corrected chi connectivity index (χ2v) is 5.78. The zero-order valence-corrected chi connectivity index (χ0v) is 13.0. The molecular weight excluding hydrogens is 292 g/mol. The third-order valence-corrected chi connectivity index (χ3v) is 3.53. The number of rotatable bonds is 4. The molecule has 2 aromatic heterocycles. The summed E-state index contributed by atoms with van der Waals surface area (Å²) in [7, 11) is 0. The number of aromatic nitrogens is 2. The van der Waals surface area contributed by atoms with Gasteiger partial charge in [0, 0.05) is 18.1 Å². The van der Waals surface area contributed by atoms with Crippen LogP contribution in [0.1, 0.15) is 24.3 Å². The first-order chi connectivity index (χ1) is 11.1. The Morgan fingerprint density at radius 3 is 2.74 bits per heavy atom. The van der Waals surface area contributed by atoms with Crippen LogP contribution in [0.25, 0.3) is 10.9 Å². The summed E-state index contributed by atoms with van der Waals surface area (Å²) >= 11 is 0. The number of hydrogen-bond acceptors (Lipinski definition) is 3. The average Bonchev–Trinajstić information content (AvgIpc) is 3.14. The van der Waals surface area contributed by atoms with Gasteiger partial charge in [-0.05, 0) is 24.1 Å². The Balaban J connectivity index is 2.03. The number of amides is 1. The van der Waals surface area contributed by atoms with Gasteiger partial charge in [0.15, 0.2) is 5.69 Å². The number of carbonyl (C=O) groups is 1. The molecule has 0 fully saturated rings. The Morgan fingerprint density at radius 2 is 2.04 bits per heavy atom. The highest BCUT2D eigenvalue weighted by molar-refractivity contribution is 5.96. The summed E-state index contributed by atoms with van der Waals surface area (Å²) in [5.41, 5.74) is 1.56. The molecule has 0 radical (unpaired) electrons. The van der Waals surface area contributed by atoms with Crippen molar-refractivity contribution in [2.24, 2.45) is 16.1 Å². The minimum atomic E-state index is -0.477. The third kappa shape index (κ3) is 2.88. The summed E-state index contributed by atoms with van der Waals surface area (Å²) in [5, 5.41) is 19.0. The maximum absolute atomic E-state index is 11.9. The van der Waals surface area contributed by atoms with E-state index in [2.05, 4.69) is 29.1 Å². The molecule has 0 saturated heterocycles. The molecular formula is C17H18N4O2. The van der Waals surface area contributed by atoms with Crippen molar-refractivity contribution in [2.45, 2.75) is 20.4 Å². The summed E-state index contributed by atoms with van der Waals surface area (Å²) in [6, 6.07) is 10.9. The molecule has 1 amide bonds. The molecule has 0 aliphatic carbocycles. The highest BCUT2D eigenvalue weighted by atomic mass is 16.3. The summed E-state index contributed by atoms with van der Waals surface area (Å²) in [6.45, 7) is 4.81. The van der Waals surface area contributed by atoms with Crippen LogP contribution in [0.2, 0.25) is 0 Å². The van der Waals surface area contributed by atoms with E-state index in [-0.39, 0.29) is 5.88 Å². The van der Waals surface area contributed by atoms with Crippen LogP contribution in [0.5, 0.6) is 5.88 Å². The second-order valence-electron chi connectivity index (χ2n) is 5.78. The van der Waals surface area contributed by atoms with E-state index in [1.165, 1.54) is 0 Å². The van der Waals surface area contributed by atoms with Gasteiger partial charge in [-0.1, -0.05) is 32.0 Å². The van der Waals surface area contributed by atoms with Gasteiger partial charge in [0.1, 0.15) is 5.69 Å². The van der Waals surface area contributed by atoms with E-state index >= 15 is 0 Å². The van der Waals surface area contributed by atoms with Crippen molar-refractivity contribution in [3.05, 3.63) is 48.3 Å². The molecule has 0 bridgehead atoms. The van der Waals surface area contributed by atoms with Gasteiger partial charge in [0.25, 0.3) is 0 Å². The Morgan fingerprint density at radius 1 is 1.26 bits per heavy atom. The van der Waals surface area contributed by atoms with E-state index < -0.39 is 5.91 Å². The van der Waals surface area contributed by atoms with Crippen LogP contribution in [-0.4, -0.2) is 20.6 Å². The lowest BCUT2D eigenvalue weighted by Crippen LogP contribution is -2.03. The maximum Gasteiger partial charge on any atom is 0.311 e. The summed E-state index contributed by atoms with van der Waals surface area (Å²) in [4.78, 5) is 14.7. The molecule has 118 valence electrons.